The molecule has 0 saturated carbocycles. The summed E-state index contributed by atoms with van der Waals surface area (Å²) in [5.41, 5.74) is 12.1. The highest BCUT2D eigenvalue weighted by atomic mass is 35.5. The van der Waals surface area contributed by atoms with Gasteiger partial charge in [0.15, 0.2) is 0 Å². The topological polar surface area (TPSA) is 22.8 Å². The minimum Gasteiger partial charge on any atom is -0.309 e. The van der Waals surface area contributed by atoms with Crippen LogP contribution in [0.3, 0.4) is 0 Å². The van der Waals surface area contributed by atoms with Gasteiger partial charge in [-0.2, -0.15) is 0 Å². The number of benzene rings is 7. The molecule has 49 heavy (non-hydrogen) atoms. The molecule has 0 atom stereocenters. The van der Waals surface area contributed by atoms with Crippen molar-refractivity contribution in [2.24, 2.45) is 0 Å². The second-order valence-corrected chi connectivity index (χ2v) is 13.0. The highest BCUT2D eigenvalue weighted by Crippen LogP contribution is 2.38. The van der Waals surface area contributed by atoms with Gasteiger partial charge in [0.25, 0.3) is 0 Å². The normalized spacial score (nSPS) is 11.8. The molecule has 3 heterocycles. The predicted molar refractivity (Wildman–Crippen MR) is 206 cm³/mol. The van der Waals surface area contributed by atoms with E-state index in [2.05, 4.69) is 173 Å². The first-order valence-electron chi connectivity index (χ1n) is 16.5. The second kappa shape index (κ2) is 10.9. The third-order valence-corrected chi connectivity index (χ3v) is 10.1. The molecule has 3 nitrogen and oxygen atoms in total. The molecule has 0 bridgehead atoms. The van der Waals surface area contributed by atoms with Crippen LogP contribution in [0.1, 0.15) is 0 Å². The lowest BCUT2D eigenvalue weighted by Gasteiger charge is -2.10. The van der Waals surface area contributed by atoms with Gasteiger partial charge in [-0.1, -0.05) is 103 Å². The van der Waals surface area contributed by atoms with Crippen molar-refractivity contribution in [3.05, 3.63) is 175 Å². The summed E-state index contributed by atoms with van der Waals surface area (Å²) in [6, 6.07) is 60.0. The van der Waals surface area contributed by atoms with E-state index >= 15 is 0 Å². The van der Waals surface area contributed by atoms with E-state index in [1.54, 1.807) is 0 Å². The molecule has 7 aromatic carbocycles. The van der Waals surface area contributed by atoms with Crippen LogP contribution in [0.15, 0.2) is 170 Å². The van der Waals surface area contributed by atoms with Crippen molar-refractivity contribution in [1.82, 2.24) is 14.1 Å². The van der Waals surface area contributed by atoms with Crippen molar-refractivity contribution in [3.8, 4) is 33.8 Å². The zero-order chi connectivity index (χ0) is 32.5. The molecule has 0 aliphatic rings. The Morgan fingerprint density at radius 1 is 0.367 bits per heavy atom. The third-order valence-electron chi connectivity index (χ3n) is 9.76. The molecular formula is C45H28ClN3. The van der Waals surface area contributed by atoms with E-state index in [4.69, 9.17) is 16.6 Å². The number of halogens is 1. The van der Waals surface area contributed by atoms with Crippen LogP contribution in [0.2, 0.25) is 5.02 Å². The van der Waals surface area contributed by atoms with Crippen molar-refractivity contribution < 1.29 is 0 Å². The Labute approximate surface area is 287 Å². The van der Waals surface area contributed by atoms with Gasteiger partial charge in [-0.3, -0.25) is 0 Å². The summed E-state index contributed by atoms with van der Waals surface area (Å²) in [6.45, 7) is 0. The van der Waals surface area contributed by atoms with Gasteiger partial charge < -0.3 is 9.13 Å². The molecule has 0 aliphatic carbocycles. The van der Waals surface area contributed by atoms with Crippen LogP contribution in [0.5, 0.6) is 0 Å². The minimum absolute atomic E-state index is 0.690. The van der Waals surface area contributed by atoms with Crippen LogP contribution >= 0.6 is 11.6 Å². The molecular weight excluding hydrogens is 618 g/mol. The number of aromatic nitrogens is 3. The number of rotatable bonds is 4. The Morgan fingerprint density at radius 3 is 1.41 bits per heavy atom. The predicted octanol–water partition coefficient (Wildman–Crippen LogP) is 12.4. The molecule has 0 saturated heterocycles. The van der Waals surface area contributed by atoms with Gasteiger partial charge in [0, 0.05) is 43.9 Å². The molecule has 0 unspecified atom stereocenters. The average molecular weight is 646 g/mol. The van der Waals surface area contributed by atoms with Crippen LogP contribution in [0.4, 0.5) is 0 Å². The quantitative estimate of drug-likeness (QED) is 0.187. The molecule has 10 rings (SSSR count). The number of hydrogen-bond donors (Lipinski definition) is 0. The zero-order valence-electron chi connectivity index (χ0n) is 26.4. The smallest absolute Gasteiger partial charge is 0.0724 e. The SMILES string of the molecule is Clc1cc(-c2ccc3c(c2)c2ccccc2n3-c2ccccc2)nc2ccc(-c3ccc4c(c3)c3ccccc3n4-c3ccccc3)cc12. The van der Waals surface area contributed by atoms with Crippen molar-refractivity contribution in [2.45, 2.75) is 0 Å². The highest BCUT2D eigenvalue weighted by Gasteiger charge is 2.16. The number of hydrogen-bond acceptors (Lipinski definition) is 1. The van der Waals surface area contributed by atoms with Crippen LogP contribution in [0, 0.1) is 0 Å². The molecule has 0 N–H and O–H groups in total. The van der Waals surface area contributed by atoms with Crippen molar-refractivity contribution >= 4 is 66.1 Å². The van der Waals surface area contributed by atoms with Crippen molar-refractivity contribution in [1.29, 1.82) is 0 Å². The standard InChI is InChI=1S/C45H28ClN3/c46-39-28-41(31-21-24-45-37(27-31)35-16-8-10-18-43(35)49(45)33-13-5-2-6-14-33)47-40-22-19-29(26-38(39)40)30-20-23-44-36(25-30)34-15-7-9-17-42(34)48(44)32-11-3-1-4-12-32/h1-28H. The van der Waals surface area contributed by atoms with E-state index in [-0.39, 0.29) is 0 Å². The van der Waals surface area contributed by atoms with Gasteiger partial charge in [0.1, 0.15) is 0 Å². The van der Waals surface area contributed by atoms with Gasteiger partial charge in [-0.15, -0.1) is 0 Å². The molecule has 3 aromatic heterocycles. The molecule has 0 spiro atoms. The number of fused-ring (bicyclic) bond motifs is 7. The van der Waals surface area contributed by atoms with Gasteiger partial charge in [0.05, 0.1) is 38.3 Å². The number of nitrogens with zero attached hydrogens (tertiary/aromatic N) is 3. The molecule has 0 fully saturated rings. The lowest BCUT2D eigenvalue weighted by Crippen LogP contribution is -1.93. The second-order valence-electron chi connectivity index (χ2n) is 12.6. The zero-order valence-corrected chi connectivity index (χ0v) is 27.1. The maximum absolute atomic E-state index is 7.07. The van der Waals surface area contributed by atoms with E-state index in [9.17, 15) is 0 Å². The van der Waals surface area contributed by atoms with Gasteiger partial charge >= 0.3 is 0 Å². The Kier molecular flexibility index (Phi) is 6.23. The maximum Gasteiger partial charge on any atom is 0.0724 e. The van der Waals surface area contributed by atoms with E-state index < -0.39 is 0 Å². The molecule has 230 valence electrons. The molecule has 10 aromatic rings. The summed E-state index contributed by atoms with van der Waals surface area (Å²) < 4.78 is 4.67. The van der Waals surface area contributed by atoms with E-state index in [0.29, 0.717) is 5.02 Å². The highest BCUT2D eigenvalue weighted by molar-refractivity contribution is 6.35. The third kappa shape index (κ3) is 4.40. The van der Waals surface area contributed by atoms with Gasteiger partial charge in [-0.25, -0.2) is 4.98 Å². The Morgan fingerprint density at radius 2 is 0.816 bits per heavy atom. The van der Waals surface area contributed by atoms with E-state index in [1.807, 2.05) is 6.07 Å². The van der Waals surface area contributed by atoms with Crippen LogP contribution in [-0.4, -0.2) is 14.1 Å². The molecule has 0 aliphatic heterocycles. The summed E-state index contributed by atoms with van der Waals surface area (Å²) in [4.78, 5) is 5.13. The van der Waals surface area contributed by atoms with Crippen LogP contribution in [0.25, 0.3) is 88.3 Å². The number of para-hydroxylation sites is 4. The van der Waals surface area contributed by atoms with Crippen LogP contribution < -0.4 is 0 Å². The number of pyridine rings is 1. The summed E-state index contributed by atoms with van der Waals surface area (Å²) in [5.74, 6) is 0. The van der Waals surface area contributed by atoms with Gasteiger partial charge in [0.2, 0.25) is 0 Å². The average Bonchev–Trinajstić information content (AvgIpc) is 3.67. The summed E-state index contributed by atoms with van der Waals surface area (Å²) in [5, 5.41) is 6.49. The van der Waals surface area contributed by atoms with Gasteiger partial charge in [-0.05, 0) is 90.0 Å². The summed E-state index contributed by atoms with van der Waals surface area (Å²) >= 11 is 7.07. The van der Waals surface area contributed by atoms with Crippen molar-refractivity contribution in [3.63, 3.8) is 0 Å². The van der Waals surface area contributed by atoms with Crippen LogP contribution in [-0.2, 0) is 0 Å². The molecule has 0 radical (unpaired) electrons. The monoisotopic (exact) mass is 645 g/mol. The molecule has 4 heteroatoms. The fourth-order valence-electron chi connectivity index (χ4n) is 7.51. The Hall–Kier alpha value is -6.16. The fourth-order valence-corrected chi connectivity index (χ4v) is 7.76. The fraction of sp³-hybridized carbons (Fsp3) is 0. The summed E-state index contributed by atoms with van der Waals surface area (Å²) in [7, 11) is 0. The van der Waals surface area contributed by atoms with E-state index in [1.165, 1.54) is 38.1 Å². The lowest BCUT2D eigenvalue weighted by atomic mass is 10.00. The largest absolute Gasteiger partial charge is 0.309 e. The van der Waals surface area contributed by atoms with Crippen molar-refractivity contribution in [2.75, 3.05) is 0 Å². The first-order chi connectivity index (χ1) is 24.2. The first-order valence-corrected chi connectivity index (χ1v) is 16.9. The lowest BCUT2D eigenvalue weighted by molar-refractivity contribution is 1.18. The Balaban J connectivity index is 1.07. The molecule has 0 amide bonds. The first kappa shape index (κ1) is 27.9. The summed E-state index contributed by atoms with van der Waals surface area (Å²) in [6.07, 6.45) is 0. The maximum atomic E-state index is 7.07. The van der Waals surface area contributed by atoms with E-state index in [0.717, 1.165) is 50.2 Å². The minimum atomic E-state index is 0.690. The Bertz CT molecular complexity index is 2880.